The number of piperazine rings is 1. The maximum Gasteiger partial charge on any atom is 0.260 e. The molecule has 4 rings (SSSR count). The van der Waals surface area contributed by atoms with Gasteiger partial charge in [0.15, 0.2) is 6.61 Å². The number of nitrogens with zero attached hydrogens (tertiary/aromatic N) is 4. The molecule has 2 heterocycles. The van der Waals surface area contributed by atoms with Gasteiger partial charge in [-0.25, -0.2) is 9.97 Å². The molecule has 8 nitrogen and oxygen atoms in total. The Labute approximate surface area is 181 Å². The van der Waals surface area contributed by atoms with Crippen LogP contribution in [0.2, 0.25) is 0 Å². The van der Waals surface area contributed by atoms with E-state index in [2.05, 4.69) is 14.9 Å². The summed E-state index contributed by atoms with van der Waals surface area (Å²) in [6.45, 7) is 6.00. The van der Waals surface area contributed by atoms with Crippen molar-refractivity contribution in [3.05, 3.63) is 54.4 Å². The molecule has 2 N–H and O–H groups in total. The number of hydrogen-bond donors (Lipinski definition) is 1. The average Bonchev–Trinajstić information content (AvgIpc) is 2.79. The Bertz CT molecular complexity index is 1030. The molecule has 31 heavy (non-hydrogen) atoms. The summed E-state index contributed by atoms with van der Waals surface area (Å²) in [6.07, 6.45) is 0. The van der Waals surface area contributed by atoms with Crippen LogP contribution >= 0.6 is 0 Å². The Balaban J connectivity index is 1.26. The fourth-order valence-corrected chi connectivity index (χ4v) is 3.61. The minimum atomic E-state index is -0.0141. The first-order valence-electron chi connectivity index (χ1n) is 10.5. The van der Waals surface area contributed by atoms with Crippen molar-refractivity contribution in [2.45, 2.75) is 13.5 Å². The van der Waals surface area contributed by atoms with Gasteiger partial charge in [-0.3, -0.25) is 9.69 Å². The number of anilines is 1. The van der Waals surface area contributed by atoms with Crippen LogP contribution in [0.15, 0.2) is 48.5 Å². The summed E-state index contributed by atoms with van der Waals surface area (Å²) >= 11 is 0. The first-order valence-corrected chi connectivity index (χ1v) is 10.5. The molecule has 1 aromatic heterocycles. The van der Waals surface area contributed by atoms with E-state index in [9.17, 15) is 4.79 Å². The lowest BCUT2D eigenvalue weighted by atomic mass is 10.2. The second-order valence-electron chi connectivity index (χ2n) is 7.39. The molecular formula is C23H27N5O3. The third-order valence-corrected chi connectivity index (χ3v) is 5.27. The van der Waals surface area contributed by atoms with Crippen LogP contribution in [0.1, 0.15) is 12.7 Å². The first kappa shape index (κ1) is 20.9. The molecule has 0 saturated carbocycles. The van der Waals surface area contributed by atoms with Crippen LogP contribution in [0, 0.1) is 0 Å². The predicted molar refractivity (Wildman–Crippen MR) is 119 cm³/mol. The second kappa shape index (κ2) is 9.61. The van der Waals surface area contributed by atoms with Crippen LogP contribution in [-0.2, 0) is 11.3 Å². The van der Waals surface area contributed by atoms with Crippen molar-refractivity contribution in [3.8, 4) is 11.5 Å². The molecule has 3 aromatic rings. The number of para-hydroxylation sites is 1. The van der Waals surface area contributed by atoms with Crippen molar-refractivity contribution >= 4 is 22.6 Å². The molecule has 2 aromatic carbocycles. The number of fused-ring (bicyclic) bond motifs is 1. The summed E-state index contributed by atoms with van der Waals surface area (Å²) in [5.41, 5.74) is 6.94. The van der Waals surface area contributed by atoms with Gasteiger partial charge >= 0.3 is 0 Å². The zero-order valence-corrected chi connectivity index (χ0v) is 17.7. The van der Waals surface area contributed by atoms with Gasteiger partial charge < -0.3 is 20.1 Å². The third-order valence-electron chi connectivity index (χ3n) is 5.27. The molecule has 162 valence electrons. The van der Waals surface area contributed by atoms with Gasteiger partial charge in [0.25, 0.3) is 5.91 Å². The number of carbonyl (C=O) groups excluding carboxylic acids is 1. The molecule has 1 aliphatic heterocycles. The maximum absolute atomic E-state index is 12.5. The number of carbonyl (C=O) groups is 1. The number of hydrogen-bond acceptors (Lipinski definition) is 7. The van der Waals surface area contributed by atoms with Gasteiger partial charge in [0.1, 0.15) is 23.1 Å². The van der Waals surface area contributed by atoms with Crippen molar-refractivity contribution in [1.82, 2.24) is 19.8 Å². The van der Waals surface area contributed by atoms with Crippen molar-refractivity contribution < 1.29 is 14.3 Å². The molecule has 0 spiro atoms. The molecular weight excluding hydrogens is 394 g/mol. The lowest BCUT2D eigenvalue weighted by molar-refractivity contribution is -0.135. The molecule has 1 aliphatic rings. The monoisotopic (exact) mass is 421 g/mol. The van der Waals surface area contributed by atoms with Crippen LogP contribution in [-0.4, -0.2) is 65.1 Å². The number of benzene rings is 2. The van der Waals surface area contributed by atoms with Crippen molar-refractivity contribution in [2.75, 3.05) is 45.1 Å². The quantitative estimate of drug-likeness (QED) is 0.626. The van der Waals surface area contributed by atoms with Crippen LogP contribution in [0.3, 0.4) is 0 Å². The Hall–Kier alpha value is -3.39. The van der Waals surface area contributed by atoms with E-state index in [-0.39, 0.29) is 12.5 Å². The van der Waals surface area contributed by atoms with Crippen LogP contribution in [0.4, 0.5) is 5.82 Å². The van der Waals surface area contributed by atoms with E-state index < -0.39 is 0 Å². The predicted octanol–water partition coefficient (Wildman–Crippen LogP) is 2.33. The zero-order chi connectivity index (χ0) is 21.6. The second-order valence-corrected chi connectivity index (χ2v) is 7.39. The van der Waals surface area contributed by atoms with Gasteiger partial charge in [0, 0.05) is 31.6 Å². The van der Waals surface area contributed by atoms with E-state index in [4.69, 9.17) is 15.2 Å². The minimum absolute atomic E-state index is 0.0141. The largest absolute Gasteiger partial charge is 0.494 e. The molecule has 0 unspecified atom stereocenters. The zero-order valence-electron chi connectivity index (χ0n) is 17.7. The lowest BCUT2D eigenvalue weighted by Gasteiger charge is -2.34. The van der Waals surface area contributed by atoms with Gasteiger partial charge in [-0.05, 0) is 43.3 Å². The number of ether oxygens (including phenoxy) is 2. The number of nitrogen functional groups attached to an aromatic ring is 1. The SMILES string of the molecule is CCOc1ccc(OCC(=O)N2CCN(Cc3nc(N)c4ccccc4n3)CC2)cc1. The van der Waals surface area contributed by atoms with Crippen LogP contribution in [0.5, 0.6) is 11.5 Å². The topological polar surface area (TPSA) is 93.8 Å². The summed E-state index contributed by atoms with van der Waals surface area (Å²) in [4.78, 5) is 25.7. The number of nitrogens with two attached hydrogens (primary N) is 1. The Kier molecular flexibility index (Phi) is 6.47. The smallest absolute Gasteiger partial charge is 0.260 e. The summed E-state index contributed by atoms with van der Waals surface area (Å²) in [6, 6.07) is 15.0. The van der Waals surface area contributed by atoms with Gasteiger partial charge in [-0.2, -0.15) is 0 Å². The van der Waals surface area contributed by atoms with E-state index >= 15 is 0 Å². The van der Waals surface area contributed by atoms with Crippen LogP contribution < -0.4 is 15.2 Å². The molecule has 8 heteroatoms. The number of rotatable bonds is 7. The van der Waals surface area contributed by atoms with E-state index in [1.54, 1.807) is 0 Å². The fourth-order valence-electron chi connectivity index (χ4n) is 3.61. The first-order chi connectivity index (χ1) is 15.1. The number of amides is 1. The van der Waals surface area contributed by atoms with Crippen molar-refractivity contribution in [1.29, 1.82) is 0 Å². The maximum atomic E-state index is 12.5. The highest BCUT2D eigenvalue weighted by molar-refractivity contribution is 5.87. The van der Waals surface area contributed by atoms with Gasteiger partial charge in [-0.15, -0.1) is 0 Å². The molecule has 1 fully saturated rings. The van der Waals surface area contributed by atoms with Gasteiger partial charge in [0.2, 0.25) is 0 Å². The standard InChI is InChI=1S/C23H27N5O3/c1-2-30-17-7-9-18(10-8-17)31-16-22(29)28-13-11-27(12-14-28)15-21-25-20-6-4-3-5-19(20)23(24)26-21/h3-10H,2,11-16H2,1H3,(H2,24,25,26). The summed E-state index contributed by atoms with van der Waals surface area (Å²) < 4.78 is 11.0. The van der Waals surface area contributed by atoms with E-state index in [0.29, 0.717) is 43.6 Å². The normalized spacial score (nSPS) is 14.5. The molecule has 0 atom stereocenters. The van der Waals surface area contributed by atoms with Gasteiger partial charge in [0.05, 0.1) is 18.7 Å². The fraction of sp³-hybridized carbons (Fsp3) is 0.348. The molecule has 0 radical (unpaired) electrons. The number of aromatic nitrogens is 2. The van der Waals surface area contributed by atoms with E-state index in [1.165, 1.54) is 0 Å². The summed E-state index contributed by atoms with van der Waals surface area (Å²) in [5, 5.41) is 0.870. The molecule has 1 saturated heterocycles. The molecule has 1 amide bonds. The minimum Gasteiger partial charge on any atom is -0.494 e. The highest BCUT2D eigenvalue weighted by Gasteiger charge is 2.22. The Morgan fingerprint density at radius 1 is 0.968 bits per heavy atom. The van der Waals surface area contributed by atoms with Crippen molar-refractivity contribution in [3.63, 3.8) is 0 Å². The Morgan fingerprint density at radius 2 is 1.65 bits per heavy atom. The Morgan fingerprint density at radius 3 is 2.35 bits per heavy atom. The lowest BCUT2D eigenvalue weighted by Crippen LogP contribution is -2.49. The highest BCUT2D eigenvalue weighted by atomic mass is 16.5. The highest BCUT2D eigenvalue weighted by Crippen LogP contribution is 2.19. The third kappa shape index (κ3) is 5.21. The van der Waals surface area contributed by atoms with E-state index in [1.807, 2.05) is 60.4 Å². The summed E-state index contributed by atoms with van der Waals surface area (Å²) in [7, 11) is 0. The average molecular weight is 422 g/mol. The van der Waals surface area contributed by atoms with Gasteiger partial charge in [-0.1, -0.05) is 12.1 Å². The molecule has 0 bridgehead atoms. The van der Waals surface area contributed by atoms with Crippen LogP contribution in [0.25, 0.3) is 10.9 Å². The van der Waals surface area contributed by atoms with Crippen molar-refractivity contribution in [2.24, 2.45) is 0 Å². The van der Waals surface area contributed by atoms with E-state index in [0.717, 1.165) is 29.7 Å². The molecule has 0 aliphatic carbocycles. The summed E-state index contributed by atoms with van der Waals surface area (Å²) in [5.74, 6) is 2.63.